The molecule has 0 aromatic heterocycles. The topological polar surface area (TPSA) is 32.7 Å². The second-order valence-electron chi connectivity index (χ2n) is 9.12. The quantitative estimate of drug-likeness (QED) is 0.810. The molecule has 136 valence electrons. The van der Waals surface area contributed by atoms with Crippen LogP contribution in [0.15, 0.2) is 24.3 Å². The van der Waals surface area contributed by atoms with E-state index in [2.05, 4.69) is 51.7 Å². The SMILES string of the molecule is CC(C)(C)CC(C)(C)c1ccc(OC[C@@H](O)CN2CCCC2)cc1. The second-order valence-corrected chi connectivity index (χ2v) is 9.12. The Morgan fingerprint density at radius 3 is 2.17 bits per heavy atom. The monoisotopic (exact) mass is 333 g/mol. The number of rotatable bonds is 7. The van der Waals surface area contributed by atoms with E-state index in [4.69, 9.17) is 4.74 Å². The molecule has 1 aromatic carbocycles. The summed E-state index contributed by atoms with van der Waals surface area (Å²) in [5, 5.41) is 10.1. The van der Waals surface area contributed by atoms with Gasteiger partial charge in [-0.1, -0.05) is 46.8 Å². The Balaban J connectivity index is 1.85. The Labute approximate surface area is 148 Å². The summed E-state index contributed by atoms with van der Waals surface area (Å²) in [6.45, 7) is 14.7. The van der Waals surface area contributed by atoms with Crippen LogP contribution in [0.25, 0.3) is 0 Å². The molecular formula is C21H35NO2. The van der Waals surface area contributed by atoms with Crippen LogP contribution in [0.4, 0.5) is 0 Å². The van der Waals surface area contributed by atoms with Gasteiger partial charge in [0.15, 0.2) is 0 Å². The summed E-state index contributed by atoms with van der Waals surface area (Å²) in [5.41, 5.74) is 1.78. The van der Waals surface area contributed by atoms with Gasteiger partial charge >= 0.3 is 0 Å². The van der Waals surface area contributed by atoms with Crippen LogP contribution in [-0.2, 0) is 5.41 Å². The van der Waals surface area contributed by atoms with E-state index in [-0.39, 0.29) is 5.41 Å². The molecule has 0 spiro atoms. The third-order valence-corrected chi connectivity index (χ3v) is 4.72. The van der Waals surface area contributed by atoms with Crippen molar-refractivity contribution in [2.24, 2.45) is 5.41 Å². The first-order valence-electron chi connectivity index (χ1n) is 9.29. The molecule has 1 aliphatic rings. The average Bonchev–Trinajstić information content (AvgIpc) is 2.96. The molecule has 2 rings (SSSR count). The summed E-state index contributed by atoms with van der Waals surface area (Å²) in [6, 6.07) is 8.38. The Hall–Kier alpha value is -1.06. The van der Waals surface area contributed by atoms with Crippen LogP contribution in [-0.4, -0.2) is 42.4 Å². The predicted octanol–water partition coefficient (Wildman–Crippen LogP) is 4.24. The standard InChI is InChI=1S/C21H35NO2/c1-20(2,3)16-21(4,5)17-8-10-19(11-9-17)24-15-18(23)14-22-12-6-7-13-22/h8-11,18,23H,6-7,12-16H2,1-5H3/t18-/m0/s1. The first-order chi connectivity index (χ1) is 11.2. The van der Waals surface area contributed by atoms with Crippen molar-refractivity contribution in [1.29, 1.82) is 0 Å². The van der Waals surface area contributed by atoms with Gasteiger partial charge in [0, 0.05) is 6.54 Å². The smallest absolute Gasteiger partial charge is 0.119 e. The summed E-state index contributed by atoms with van der Waals surface area (Å²) in [6.07, 6.45) is 3.22. The zero-order chi connectivity index (χ0) is 17.8. The van der Waals surface area contributed by atoms with Crippen LogP contribution in [0.2, 0.25) is 0 Å². The van der Waals surface area contributed by atoms with Crippen molar-refractivity contribution in [3.05, 3.63) is 29.8 Å². The molecule has 1 N–H and O–H groups in total. The van der Waals surface area contributed by atoms with E-state index in [0.717, 1.165) is 31.8 Å². The minimum absolute atomic E-state index is 0.145. The molecule has 1 atom stereocenters. The van der Waals surface area contributed by atoms with Crippen molar-refractivity contribution >= 4 is 0 Å². The molecule has 0 unspecified atom stereocenters. The zero-order valence-corrected chi connectivity index (χ0v) is 16.1. The molecule has 0 saturated carbocycles. The fourth-order valence-electron chi connectivity index (χ4n) is 3.94. The number of hydrogen-bond acceptors (Lipinski definition) is 3. The van der Waals surface area contributed by atoms with Gasteiger partial charge in [-0.05, 0) is 60.9 Å². The minimum Gasteiger partial charge on any atom is -0.491 e. The molecule has 1 saturated heterocycles. The third kappa shape index (κ3) is 6.10. The first-order valence-corrected chi connectivity index (χ1v) is 9.29. The zero-order valence-electron chi connectivity index (χ0n) is 16.1. The maximum atomic E-state index is 10.1. The number of β-amino-alcohol motifs (C(OH)–C–C–N with tert-alkyl or cyclic N) is 1. The maximum absolute atomic E-state index is 10.1. The van der Waals surface area contributed by atoms with Crippen molar-refractivity contribution in [2.45, 2.75) is 65.4 Å². The van der Waals surface area contributed by atoms with Gasteiger partial charge in [0.05, 0.1) is 0 Å². The molecule has 0 aliphatic carbocycles. The number of benzene rings is 1. The van der Waals surface area contributed by atoms with Crippen molar-refractivity contribution in [1.82, 2.24) is 4.90 Å². The molecule has 3 nitrogen and oxygen atoms in total. The maximum Gasteiger partial charge on any atom is 0.119 e. The molecule has 24 heavy (non-hydrogen) atoms. The number of hydrogen-bond donors (Lipinski definition) is 1. The van der Waals surface area contributed by atoms with Crippen molar-refractivity contribution in [2.75, 3.05) is 26.2 Å². The second kappa shape index (κ2) is 7.88. The van der Waals surface area contributed by atoms with Crippen LogP contribution in [0, 0.1) is 5.41 Å². The normalized spacial score (nSPS) is 17.9. The number of ether oxygens (including phenoxy) is 1. The molecule has 0 radical (unpaired) electrons. The average molecular weight is 334 g/mol. The Morgan fingerprint density at radius 1 is 1.04 bits per heavy atom. The molecule has 1 heterocycles. The molecular weight excluding hydrogens is 298 g/mol. The van der Waals surface area contributed by atoms with E-state index in [1.165, 1.54) is 18.4 Å². The van der Waals surface area contributed by atoms with Gasteiger partial charge < -0.3 is 14.7 Å². The lowest BCUT2D eigenvalue weighted by atomic mass is 9.72. The van der Waals surface area contributed by atoms with Crippen molar-refractivity contribution in [3.8, 4) is 5.75 Å². The highest BCUT2D eigenvalue weighted by Gasteiger charge is 2.27. The van der Waals surface area contributed by atoms with Gasteiger partial charge in [0.2, 0.25) is 0 Å². The van der Waals surface area contributed by atoms with Crippen LogP contribution in [0.5, 0.6) is 5.75 Å². The van der Waals surface area contributed by atoms with Gasteiger partial charge in [-0.2, -0.15) is 0 Å². The first kappa shape index (κ1) is 19.3. The summed E-state index contributed by atoms with van der Waals surface area (Å²) < 4.78 is 5.77. The molecule has 0 bridgehead atoms. The van der Waals surface area contributed by atoms with Gasteiger partial charge in [-0.3, -0.25) is 0 Å². The van der Waals surface area contributed by atoms with Crippen LogP contribution in [0.1, 0.15) is 59.4 Å². The van der Waals surface area contributed by atoms with Crippen LogP contribution < -0.4 is 4.74 Å². The highest BCUT2D eigenvalue weighted by molar-refractivity contribution is 5.31. The minimum atomic E-state index is -0.417. The number of nitrogens with zero attached hydrogens (tertiary/aromatic N) is 1. The summed E-state index contributed by atoms with van der Waals surface area (Å²) in [4.78, 5) is 2.31. The third-order valence-electron chi connectivity index (χ3n) is 4.72. The predicted molar refractivity (Wildman–Crippen MR) is 101 cm³/mol. The van der Waals surface area contributed by atoms with Crippen molar-refractivity contribution in [3.63, 3.8) is 0 Å². The highest BCUT2D eigenvalue weighted by atomic mass is 16.5. The number of likely N-dealkylation sites (tertiary alicyclic amines) is 1. The van der Waals surface area contributed by atoms with E-state index >= 15 is 0 Å². The fraction of sp³-hybridized carbons (Fsp3) is 0.714. The van der Waals surface area contributed by atoms with Gasteiger partial charge in [0.25, 0.3) is 0 Å². The van der Waals surface area contributed by atoms with Gasteiger partial charge in [-0.15, -0.1) is 0 Å². The molecule has 0 amide bonds. The van der Waals surface area contributed by atoms with E-state index < -0.39 is 6.10 Å². The lowest BCUT2D eigenvalue weighted by Gasteiger charge is -2.33. The Kier molecular flexibility index (Phi) is 6.33. The van der Waals surface area contributed by atoms with Crippen LogP contribution >= 0.6 is 0 Å². The lowest BCUT2D eigenvalue weighted by molar-refractivity contribution is 0.0758. The highest BCUT2D eigenvalue weighted by Crippen LogP contribution is 2.36. The summed E-state index contributed by atoms with van der Waals surface area (Å²) in [5.74, 6) is 0.839. The Bertz CT molecular complexity index is 496. The van der Waals surface area contributed by atoms with E-state index in [0.29, 0.717) is 12.0 Å². The number of aliphatic hydroxyl groups excluding tert-OH is 1. The summed E-state index contributed by atoms with van der Waals surface area (Å²) >= 11 is 0. The molecule has 1 aromatic rings. The lowest BCUT2D eigenvalue weighted by Crippen LogP contribution is -2.33. The van der Waals surface area contributed by atoms with Gasteiger partial charge in [0.1, 0.15) is 18.5 Å². The largest absolute Gasteiger partial charge is 0.491 e. The van der Waals surface area contributed by atoms with Gasteiger partial charge in [-0.25, -0.2) is 0 Å². The van der Waals surface area contributed by atoms with Crippen molar-refractivity contribution < 1.29 is 9.84 Å². The van der Waals surface area contributed by atoms with E-state index in [1.807, 2.05) is 12.1 Å². The van der Waals surface area contributed by atoms with E-state index in [1.54, 1.807) is 0 Å². The Morgan fingerprint density at radius 2 is 1.62 bits per heavy atom. The fourth-order valence-corrected chi connectivity index (χ4v) is 3.94. The molecule has 1 aliphatic heterocycles. The van der Waals surface area contributed by atoms with E-state index in [9.17, 15) is 5.11 Å². The number of aliphatic hydroxyl groups is 1. The summed E-state index contributed by atoms with van der Waals surface area (Å²) in [7, 11) is 0. The molecule has 1 fully saturated rings. The van der Waals surface area contributed by atoms with Crippen LogP contribution in [0.3, 0.4) is 0 Å². The molecule has 3 heteroatoms.